The number of amides is 4. The Morgan fingerprint density at radius 3 is 2.48 bits per heavy atom. The number of nitrogens with zero attached hydrogens (tertiary/aromatic N) is 2. The van der Waals surface area contributed by atoms with Gasteiger partial charge in [0.25, 0.3) is 0 Å². The van der Waals surface area contributed by atoms with Gasteiger partial charge in [0.15, 0.2) is 0 Å². The molecule has 0 aliphatic carbocycles. The summed E-state index contributed by atoms with van der Waals surface area (Å²) in [4.78, 5) is 42.5. The van der Waals surface area contributed by atoms with Gasteiger partial charge in [0.05, 0.1) is 10.0 Å². The van der Waals surface area contributed by atoms with E-state index in [1.54, 1.807) is 28.0 Å². The molecule has 3 rings (SSSR count). The van der Waals surface area contributed by atoms with Crippen molar-refractivity contribution < 1.29 is 14.4 Å². The third-order valence-corrected chi connectivity index (χ3v) is 6.75. The number of urea groups is 1. The number of halogens is 2. The van der Waals surface area contributed by atoms with E-state index in [0.717, 1.165) is 6.42 Å². The summed E-state index contributed by atoms with van der Waals surface area (Å²) in [6.45, 7) is 7.38. The predicted molar refractivity (Wildman–Crippen MR) is 122 cm³/mol. The molecule has 2 saturated heterocycles. The summed E-state index contributed by atoms with van der Waals surface area (Å²) in [5.74, 6) is 0.193. The Hall–Kier alpha value is -1.99. The maximum absolute atomic E-state index is 13.2. The molecule has 0 aromatic heterocycles. The average molecular weight is 469 g/mol. The van der Waals surface area contributed by atoms with Gasteiger partial charge in [-0.15, -0.1) is 0 Å². The number of piperazine rings is 1. The van der Waals surface area contributed by atoms with Crippen molar-refractivity contribution in [3.63, 3.8) is 0 Å². The Kier molecular flexibility index (Phi) is 7.37. The first kappa shape index (κ1) is 23.7. The van der Waals surface area contributed by atoms with E-state index in [9.17, 15) is 14.4 Å². The topological polar surface area (TPSA) is 81.8 Å². The van der Waals surface area contributed by atoms with Crippen molar-refractivity contribution in [1.29, 1.82) is 0 Å². The number of benzene rings is 1. The van der Waals surface area contributed by atoms with Crippen molar-refractivity contribution >= 4 is 46.7 Å². The minimum Gasteiger partial charge on any atom is -0.342 e. The molecular weight excluding hydrogens is 439 g/mol. The molecule has 2 aliphatic rings. The number of hydrogen-bond acceptors (Lipinski definition) is 3. The summed E-state index contributed by atoms with van der Waals surface area (Å²) in [5.41, 5.74) is -0.338. The van der Waals surface area contributed by atoms with Gasteiger partial charge in [-0.3, -0.25) is 9.59 Å². The van der Waals surface area contributed by atoms with Crippen molar-refractivity contribution in [2.75, 3.05) is 25.0 Å². The van der Waals surface area contributed by atoms with Gasteiger partial charge in [-0.25, -0.2) is 4.79 Å². The van der Waals surface area contributed by atoms with Gasteiger partial charge < -0.3 is 20.4 Å². The van der Waals surface area contributed by atoms with Crippen LogP contribution in [0.1, 0.15) is 46.5 Å². The quantitative estimate of drug-likeness (QED) is 0.680. The highest BCUT2D eigenvalue weighted by molar-refractivity contribution is 6.42. The normalized spacial score (nSPS) is 20.9. The van der Waals surface area contributed by atoms with Gasteiger partial charge in [0.1, 0.15) is 11.6 Å². The van der Waals surface area contributed by atoms with E-state index >= 15 is 0 Å². The monoisotopic (exact) mass is 468 g/mol. The summed E-state index contributed by atoms with van der Waals surface area (Å²) in [6, 6.07) is 4.16. The maximum Gasteiger partial charge on any atom is 0.321 e. The number of likely N-dealkylation sites (tertiary alicyclic amines) is 1. The summed E-state index contributed by atoms with van der Waals surface area (Å²) in [5, 5.41) is 6.56. The highest BCUT2D eigenvalue weighted by atomic mass is 35.5. The van der Waals surface area contributed by atoms with E-state index in [2.05, 4.69) is 10.6 Å². The fraction of sp³-hybridized carbons (Fsp3) is 0.591. The molecule has 2 fully saturated rings. The molecule has 1 spiro atoms. The zero-order chi connectivity index (χ0) is 22.8. The molecule has 1 aromatic carbocycles. The summed E-state index contributed by atoms with van der Waals surface area (Å²) < 4.78 is 0. The van der Waals surface area contributed by atoms with Crippen LogP contribution in [0.4, 0.5) is 10.5 Å². The lowest BCUT2D eigenvalue weighted by molar-refractivity contribution is -0.161. The van der Waals surface area contributed by atoms with Crippen molar-refractivity contribution in [2.24, 2.45) is 5.92 Å². The third-order valence-electron chi connectivity index (χ3n) is 6.01. The molecule has 1 unspecified atom stereocenters. The lowest BCUT2D eigenvalue weighted by Crippen LogP contribution is -2.73. The van der Waals surface area contributed by atoms with Crippen LogP contribution in [0, 0.1) is 5.92 Å². The van der Waals surface area contributed by atoms with E-state index in [1.807, 2.05) is 20.8 Å². The Morgan fingerprint density at radius 2 is 1.90 bits per heavy atom. The van der Waals surface area contributed by atoms with Gasteiger partial charge in [-0.1, -0.05) is 44.0 Å². The largest absolute Gasteiger partial charge is 0.342 e. The van der Waals surface area contributed by atoms with Crippen LogP contribution in [-0.2, 0) is 9.59 Å². The van der Waals surface area contributed by atoms with Crippen molar-refractivity contribution in [3.05, 3.63) is 28.2 Å². The molecule has 31 heavy (non-hydrogen) atoms. The number of carbonyl (C=O) groups excluding carboxylic acids is 3. The summed E-state index contributed by atoms with van der Waals surface area (Å²) in [6.07, 6.45) is 2.22. The van der Waals surface area contributed by atoms with Crippen LogP contribution < -0.4 is 10.6 Å². The Bertz CT molecular complexity index is 853. The van der Waals surface area contributed by atoms with E-state index in [4.69, 9.17) is 23.2 Å². The van der Waals surface area contributed by atoms with Gasteiger partial charge in [0.2, 0.25) is 11.8 Å². The molecule has 0 saturated carbocycles. The van der Waals surface area contributed by atoms with Crippen LogP contribution in [0.15, 0.2) is 18.2 Å². The summed E-state index contributed by atoms with van der Waals surface area (Å²) in [7, 11) is 0. The second-order valence-electron chi connectivity index (χ2n) is 8.72. The number of anilines is 1. The lowest BCUT2D eigenvalue weighted by atomic mass is 9.81. The van der Waals surface area contributed by atoms with E-state index in [0.29, 0.717) is 60.5 Å². The van der Waals surface area contributed by atoms with Crippen molar-refractivity contribution in [2.45, 2.75) is 58.0 Å². The van der Waals surface area contributed by atoms with Crippen LogP contribution in [-0.4, -0.2) is 58.9 Å². The van der Waals surface area contributed by atoms with Gasteiger partial charge in [-0.2, -0.15) is 0 Å². The highest BCUT2D eigenvalue weighted by Crippen LogP contribution is 2.34. The number of carbonyl (C=O) groups is 3. The van der Waals surface area contributed by atoms with Gasteiger partial charge in [-0.05, 0) is 49.8 Å². The molecule has 1 atom stereocenters. The molecule has 1 aromatic rings. The molecule has 2 aliphatic heterocycles. The fourth-order valence-corrected chi connectivity index (χ4v) is 4.71. The number of rotatable bonds is 5. The fourth-order valence-electron chi connectivity index (χ4n) is 4.41. The van der Waals surface area contributed by atoms with Crippen molar-refractivity contribution in [1.82, 2.24) is 15.1 Å². The summed E-state index contributed by atoms with van der Waals surface area (Å²) >= 11 is 11.9. The zero-order valence-corrected chi connectivity index (χ0v) is 19.7. The van der Waals surface area contributed by atoms with Gasteiger partial charge in [0, 0.05) is 25.3 Å². The number of piperidine rings is 1. The molecule has 0 radical (unpaired) electrons. The number of nitrogens with one attached hydrogen (secondary N) is 2. The maximum atomic E-state index is 13.2. The minimum atomic E-state index is -0.888. The van der Waals surface area contributed by atoms with E-state index in [1.165, 1.54) is 0 Å². The third kappa shape index (κ3) is 4.93. The van der Waals surface area contributed by atoms with Crippen LogP contribution >= 0.6 is 23.2 Å². The lowest BCUT2D eigenvalue weighted by Gasteiger charge is -2.51. The SMILES string of the molecule is CCCN1C(=O)C(CC(C)C)NC(=O)C12CCN(C(=O)Nc1ccc(Cl)c(Cl)c1)CC2. The number of hydrogen-bond donors (Lipinski definition) is 2. The standard InChI is InChI=1S/C22H30Cl2N4O3/c1-4-9-28-19(29)18(12-14(2)3)26-20(30)22(28)7-10-27(11-8-22)21(31)25-15-5-6-16(23)17(24)13-15/h5-6,13-14,18H,4,7-12H2,1-3H3,(H,25,31)(H,26,30). The van der Waals surface area contributed by atoms with Crippen molar-refractivity contribution in [3.8, 4) is 0 Å². The molecule has 0 bridgehead atoms. The first-order valence-electron chi connectivity index (χ1n) is 10.8. The smallest absolute Gasteiger partial charge is 0.321 e. The highest BCUT2D eigenvalue weighted by Gasteiger charge is 2.53. The Balaban J connectivity index is 1.70. The molecule has 2 heterocycles. The van der Waals surface area contributed by atoms with Gasteiger partial charge >= 0.3 is 6.03 Å². The van der Waals surface area contributed by atoms with Crippen LogP contribution in [0.3, 0.4) is 0 Å². The second-order valence-corrected chi connectivity index (χ2v) is 9.54. The molecular formula is C22H30Cl2N4O3. The predicted octanol–water partition coefficient (Wildman–Crippen LogP) is 4.14. The molecule has 4 amide bonds. The first-order valence-corrected chi connectivity index (χ1v) is 11.6. The molecule has 7 nitrogen and oxygen atoms in total. The zero-order valence-electron chi connectivity index (χ0n) is 18.2. The molecule has 9 heteroatoms. The second kappa shape index (κ2) is 9.65. The molecule has 170 valence electrons. The first-order chi connectivity index (χ1) is 14.7. The molecule has 2 N–H and O–H groups in total. The average Bonchev–Trinajstić information content (AvgIpc) is 2.72. The van der Waals surface area contributed by atoms with E-state index < -0.39 is 11.6 Å². The Morgan fingerprint density at radius 1 is 1.23 bits per heavy atom. The van der Waals surface area contributed by atoms with Crippen LogP contribution in [0.2, 0.25) is 10.0 Å². The minimum absolute atomic E-state index is 0.0103. The van der Waals surface area contributed by atoms with E-state index in [-0.39, 0.29) is 17.8 Å². The van der Waals surface area contributed by atoms with Crippen LogP contribution in [0.25, 0.3) is 0 Å². The Labute approximate surface area is 193 Å². The van der Waals surface area contributed by atoms with Crippen LogP contribution in [0.5, 0.6) is 0 Å².